The fraction of sp³-hybridized carbons (Fsp3) is 0.208. The molecule has 2 atom stereocenters. The van der Waals surface area contributed by atoms with Gasteiger partial charge in [-0.15, -0.1) is 0 Å². The number of rotatable bonds is 4. The van der Waals surface area contributed by atoms with E-state index < -0.39 is 29.4 Å². The maximum absolute atomic E-state index is 13.5. The van der Waals surface area contributed by atoms with Crippen molar-refractivity contribution in [3.63, 3.8) is 0 Å². The van der Waals surface area contributed by atoms with Crippen molar-refractivity contribution in [2.45, 2.75) is 24.4 Å². The molecule has 1 aliphatic heterocycles. The van der Waals surface area contributed by atoms with Crippen LogP contribution in [-0.4, -0.2) is 24.2 Å². The number of alkyl halides is 3. The average Bonchev–Trinajstić information content (AvgIpc) is 2.78. The maximum atomic E-state index is 13.5. The fourth-order valence-electron chi connectivity index (χ4n) is 4.11. The van der Waals surface area contributed by atoms with Crippen molar-refractivity contribution in [3.8, 4) is 0 Å². The summed E-state index contributed by atoms with van der Waals surface area (Å²) in [6, 6.07) is 16.0. The summed E-state index contributed by atoms with van der Waals surface area (Å²) in [4.78, 5) is 14.8. The second-order valence-corrected chi connectivity index (χ2v) is 8.48. The molecule has 0 radical (unpaired) electrons. The van der Waals surface area contributed by atoms with Crippen molar-refractivity contribution in [2.24, 2.45) is 0 Å². The number of methoxy groups -OCH3 is 1. The number of carbonyl (C=O) groups excluding carboxylic acids is 1. The number of nitrogens with zero attached hydrogens (tertiary/aromatic N) is 1. The van der Waals surface area contributed by atoms with Crippen molar-refractivity contribution in [2.75, 3.05) is 12.0 Å². The zero-order valence-electron chi connectivity index (χ0n) is 17.2. The molecule has 3 aromatic rings. The van der Waals surface area contributed by atoms with Gasteiger partial charge in [-0.25, -0.2) is 0 Å². The van der Waals surface area contributed by atoms with Crippen molar-refractivity contribution in [1.82, 2.24) is 0 Å². The summed E-state index contributed by atoms with van der Waals surface area (Å²) in [5, 5.41) is 12.2. The van der Waals surface area contributed by atoms with Gasteiger partial charge in [-0.1, -0.05) is 53.5 Å². The minimum atomic E-state index is -4.57. The van der Waals surface area contributed by atoms with E-state index in [0.29, 0.717) is 10.6 Å². The number of aliphatic hydroxyl groups is 1. The molecule has 3 aromatic carbocycles. The Morgan fingerprint density at radius 1 is 1.06 bits per heavy atom. The first-order valence-electron chi connectivity index (χ1n) is 9.85. The van der Waals surface area contributed by atoms with Crippen LogP contribution in [0.3, 0.4) is 0 Å². The molecule has 0 fully saturated rings. The summed E-state index contributed by atoms with van der Waals surface area (Å²) in [5.74, 6) is -0.632. The number of hydrogen-bond acceptors (Lipinski definition) is 3. The summed E-state index contributed by atoms with van der Waals surface area (Å²) < 4.78 is 45.2. The summed E-state index contributed by atoms with van der Waals surface area (Å²) >= 11 is 12.4. The van der Waals surface area contributed by atoms with Crippen LogP contribution in [0, 0.1) is 0 Å². The number of hydrogen-bond donors (Lipinski definition) is 1. The summed E-state index contributed by atoms with van der Waals surface area (Å²) in [5.41, 5.74) is -1.67. The van der Waals surface area contributed by atoms with Gasteiger partial charge in [0.15, 0.2) is 11.7 Å². The van der Waals surface area contributed by atoms with E-state index in [1.807, 2.05) is 0 Å². The lowest BCUT2D eigenvalue weighted by atomic mass is 9.77. The highest BCUT2D eigenvalue weighted by atomic mass is 35.5. The molecule has 0 aromatic heterocycles. The van der Waals surface area contributed by atoms with Crippen LogP contribution in [-0.2, 0) is 27.9 Å². The van der Waals surface area contributed by atoms with Crippen LogP contribution in [0.4, 0.5) is 18.9 Å². The van der Waals surface area contributed by atoms with E-state index in [-0.39, 0.29) is 28.4 Å². The van der Waals surface area contributed by atoms with Crippen molar-refractivity contribution in [1.29, 1.82) is 0 Å². The molecule has 172 valence electrons. The molecule has 0 spiro atoms. The van der Waals surface area contributed by atoms with Crippen molar-refractivity contribution in [3.05, 3.63) is 99.0 Å². The lowest BCUT2D eigenvalue weighted by molar-refractivity contribution is -0.145. The van der Waals surface area contributed by atoms with E-state index >= 15 is 0 Å². The van der Waals surface area contributed by atoms with E-state index in [4.69, 9.17) is 27.9 Å². The predicted octanol–water partition coefficient (Wildman–Crippen LogP) is 5.81. The topological polar surface area (TPSA) is 49.8 Å². The smallest absolute Gasteiger partial charge is 0.377 e. The van der Waals surface area contributed by atoms with Gasteiger partial charge in [0, 0.05) is 22.7 Å². The molecule has 9 heteroatoms. The summed E-state index contributed by atoms with van der Waals surface area (Å²) in [6.07, 6.45) is -5.95. The first-order chi connectivity index (χ1) is 15.6. The quantitative estimate of drug-likeness (QED) is 0.496. The van der Waals surface area contributed by atoms with Crippen LogP contribution in [0.2, 0.25) is 10.0 Å². The van der Waals surface area contributed by atoms with Gasteiger partial charge in [-0.2, -0.15) is 13.2 Å². The Kier molecular flexibility index (Phi) is 6.18. The Hall–Kier alpha value is -2.58. The van der Waals surface area contributed by atoms with Gasteiger partial charge in [0.2, 0.25) is 0 Å². The molecular weight excluding hydrogens is 478 g/mol. The van der Waals surface area contributed by atoms with Gasteiger partial charge in [-0.05, 0) is 47.5 Å². The van der Waals surface area contributed by atoms with Crippen LogP contribution in [0.25, 0.3) is 0 Å². The Balaban J connectivity index is 1.88. The third-order valence-electron chi connectivity index (χ3n) is 5.68. The van der Waals surface area contributed by atoms with Gasteiger partial charge in [0.05, 0.1) is 17.8 Å². The number of amides is 1. The molecule has 1 aliphatic rings. The SMILES string of the molecule is COC1C(=O)N(Cc2cc(C(F)(F)F)ccc2Cl)c2ccc(Cl)cc2C1(O)c1ccccc1. The number of halogens is 5. The molecule has 1 amide bonds. The summed E-state index contributed by atoms with van der Waals surface area (Å²) in [7, 11) is 1.28. The van der Waals surface area contributed by atoms with Crippen LogP contribution in [0.1, 0.15) is 22.3 Å². The van der Waals surface area contributed by atoms with Gasteiger partial charge in [0.25, 0.3) is 5.91 Å². The highest BCUT2D eigenvalue weighted by molar-refractivity contribution is 6.31. The Morgan fingerprint density at radius 2 is 1.76 bits per heavy atom. The monoisotopic (exact) mass is 495 g/mol. The second kappa shape index (κ2) is 8.65. The van der Waals surface area contributed by atoms with E-state index in [1.165, 1.54) is 30.2 Å². The molecule has 2 unspecified atom stereocenters. The molecule has 4 nitrogen and oxygen atoms in total. The normalized spacial score (nSPS) is 20.6. The number of fused-ring (bicyclic) bond motifs is 1. The third-order valence-corrected chi connectivity index (χ3v) is 6.28. The zero-order chi connectivity index (χ0) is 24.0. The molecule has 1 heterocycles. The lowest BCUT2D eigenvalue weighted by Gasteiger charge is -2.44. The van der Waals surface area contributed by atoms with Crippen molar-refractivity contribution < 1.29 is 27.8 Å². The molecule has 0 saturated carbocycles. The Bertz CT molecular complexity index is 1200. The minimum absolute atomic E-state index is 0.0733. The molecular formula is C24H18Cl2F3NO3. The molecule has 1 N–H and O–H groups in total. The molecule has 0 saturated heterocycles. The number of carbonyl (C=O) groups is 1. The molecule has 33 heavy (non-hydrogen) atoms. The van der Waals surface area contributed by atoms with Crippen LogP contribution >= 0.6 is 23.2 Å². The van der Waals surface area contributed by atoms with Crippen molar-refractivity contribution >= 4 is 34.8 Å². The van der Waals surface area contributed by atoms with Crippen LogP contribution < -0.4 is 4.90 Å². The second-order valence-electron chi connectivity index (χ2n) is 7.64. The zero-order valence-corrected chi connectivity index (χ0v) is 18.7. The number of anilines is 1. The highest BCUT2D eigenvalue weighted by Crippen LogP contribution is 2.46. The Labute approximate surface area is 198 Å². The van der Waals surface area contributed by atoms with Crippen LogP contribution in [0.5, 0.6) is 0 Å². The van der Waals surface area contributed by atoms with Crippen LogP contribution in [0.15, 0.2) is 66.7 Å². The highest BCUT2D eigenvalue weighted by Gasteiger charge is 2.52. The molecule has 0 aliphatic carbocycles. The third kappa shape index (κ3) is 4.10. The lowest BCUT2D eigenvalue weighted by Crippen LogP contribution is -2.57. The largest absolute Gasteiger partial charge is 0.416 e. The fourth-order valence-corrected chi connectivity index (χ4v) is 4.45. The standard InChI is InChI=1S/C24H18Cl2F3NO3/c1-33-21-22(31)30(13-14-11-16(24(27,28)29)7-9-19(14)26)20-10-8-17(25)12-18(20)23(21,32)15-5-3-2-4-6-15/h2-12,21,32H,13H2,1H3. The molecule has 4 rings (SSSR count). The molecule has 0 bridgehead atoms. The minimum Gasteiger partial charge on any atom is -0.377 e. The first-order valence-corrected chi connectivity index (χ1v) is 10.6. The van der Waals surface area contributed by atoms with E-state index in [9.17, 15) is 23.1 Å². The van der Waals surface area contributed by atoms with Gasteiger partial charge in [0.1, 0.15) is 0 Å². The maximum Gasteiger partial charge on any atom is 0.416 e. The van der Waals surface area contributed by atoms with Gasteiger partial charge in [-0.3, -0.25) is 4.79 Å². The van der Waals surface area contributed by atoms with E-state index in [1.54, 1.807) is 30.3 Å². The first kappa shape index (κ1) is 23.6. The average molecular weight is 496 g/mol. The number of ether oxygens (including phenoxy) is 1. The summed E-state index contributed by atoms with van der Waals surface area (Å²) in [6.45, 7) is -0.263. The van der Waals surface area contributed by atoms with E-state index in [0.717, 1.165) is 18.2 Å². The van der Waals surface area contributed by atoms with E-state index in [2.05, 4.69) is 0 Å². The number of benzene rings is 3. The Morgan fingerprint density at radius 3 is 2.39 bits per heavy atom. The predicted molar refractivity (Wildman–Crippen MR) is 119 cm³/mol. The van der Waals surface area contributed by atoms with Gasteiger partial charge < -0.3 is 14.7 Å². The van der Waals surface area contributed by atoms with Gasteiger partial charge >= 0.3 is 6.18 Å².